The van der Waals surface area contributed by atoms with Crippen LogP contribution in [0.15, 0.2) is 46.9 Å². The Hall–Kier alpha value is -3.15. The standard InChI is InChI=1S/C19H18N4O2/c1-11-2-3-14(17(24)21-15-8-9-15)10-16(11)12-4-6-13(7-5-12)18-22-23-19(20)25-18/h2-7,10,15H,8-9H2,1H3,(H2,20,23)(H,21,24). The molecule has 6 heteroatoms. The number of carbonyl (C=O) groups excluding carboxylic acids is 1. The molecule has 1 amide bonds. The van der Waals surface area contributed by atoms with Gasteiger partial charge in [-0.3, -0.25) is 4.79 Å². The van der Waals surface area contributed by atoms with Gasteiger partial charge in [0.15, 0.2) is 0 Å². The molecule has 1 aromatic heterocycles. The molecular formula is C19H18N4O2. The maximum absolute atomic E-state index is 12.3. The lowest BCUT2D eigenvalue weighted by Gasteiger charge is -2.10. The van der Waals surface area contributed by atoms with Gasteiger partial charge in [-0.2, -0.15) is 0 Å². The summed E-state index contributed by atoms with van der Waals surface area (Å²) in [5.74, 6) is 0.375. The fraction of sp³-hybridized carbons (Fsp3) is 0.211. The summed E-state index contributed by atoms with van der Waals surface area (Å²) in [6.07, 6.45) is 2.15. The Balaban J connectivity index is 1.63. The molecule has 1 fully saturated rings. The van der Waals surface area contributed by atoms with Gasteiger partial charge in [-0.1, -0.05) is 23.3 Å². The van der Waals surface area contributed by atoms with Crippen LogP contribution < -0.4 is 11.1 Å². The van der Waals surface area contributed by atoms with Crippen LogP contribution in [-0.2, 0) is 0 Å². The molecule has 3 aromatic rings. The third-order valence-electron chi connectivity index (χ3n) is 4.30. The number of aromatic nitrogens is 2. The van der Waals surface area contributed by atoms with Gasteiger partial charge in [0.05, 0.1) is 0 Å². The van der Waals surface area contributed by atoms with Gasteiger partial charge in [-0.05, 0) is 60.7 Å². The highest BCUT2D eigenvalue weighted by Gasteiger charge is 2.24. The Morgan fingerprint density at radius 3 is 2.48 bits per heavy atom. The molecule has 0 unspecified atom stereocenters. The summed E-state index contributed by atoms with van der Waals surface area (Å²) in [6.45, 7) is 2.03. The maximum atomic E-state index is 12.3. The lowest BCUT2D eigenvalue weighted by molar-refractivity contribution is 0.0951. The Morgan fingerprint density at radius 2 is 1.84 bits per heavy atom. The van der Waals surface area contributed by atoms with E-state index in [0.29, 0.717) is 17.5 Å². The number of rotatable bonds is 4. The predicted octanol–water partition coefficient (Wildman–Crippen LogP) is 3.19. The van der Waals surface area contributed by atoms with Gasteiger partial charge < -0.3 is 15.5 Å². The zero-order valence-electron chi connectivity index (χ0n) is 13.8. The number of hydrogen-bond donors (Lipinski definition) is 2. The zero-order valence-corrected chi connectivity index (χ0v) is 13.8. The molecule has 1 aliphatic rings. The minimum atomic E-state index is -0.0123. The first-order valence-corrected chi connectivity index (χ1v) is 8.21. The average molecular weight is 334 g/mol. The number of hydrogen-bond acceptors (Lipinski definition) is 5. The van der Waals surface area contributed by atoms with Crippen molar-refractivity contribution in [3.8, 4) is 22.6 Å². The molecular weight excluding hydrogens is 316 g/mol. The van der Waals surface area contributed by atoms with Crippen LogP contribution >= 0.6 is 0 Å². The molecule has 4 rings (SSSR count). The molecule has 1 aliphatic carbocycles. The highest BCUT2D eigenvalue weighted by molar-refractivity contribution is 5.96. The number of nitrogens with zero attached hydrogens (tertiary/aromatic N) is 2. The van der Waals surface area contributed by atoms with E-state index in [1.54, 1.807) is 0 Å². The van der Waals surface area contributed by atoms with Crippen molar-refractivity contribution in [2.75, 3.05) is 5.73 Å². The molecule has 126 valence electrons. The van der Waals surface area contributed by atoms with Crippen LogP contribution in [0.1, 0.15) is 28.8 Å². The topological polar surface area (TPSA) is 94.0 Å². The van der Waals surface area contributed by atoms with Crippen molar-refractivity contribution in [3.63, 3.8) is 0 Å². The molecule has 0 radical (unpaired) electrons. The average Bonchev–Trinajstić information content (AvgIpc) is 3.33. The van der Waals surface area contributed by atoms with Gasteiger partial charge in [0.2, 0.25) is 5.89 Å². The highest BCUT2D eigenvalue weighted by atomic mass is 16.4. The van der Waals surface area contributed by atoms with E-state index in [4.69, 9.17) is 10.2 Å². The SMILES string of the molecule is Cc1ccc(C(=O)NC2CC2)cc1-c1ccc(-c2nnc(N)o2)cc1. The van der Waals surface area contributed by atoms with E-state index in [2.05, 4.69) is 15.5 Å². The van der Waals surface area contributed by atoms with Crippen LogP contribution in [0.2, 0.25) is 0 Å². The Morgan fingerprint density at radius 1 is 1.12 bits per heavy atom. The van der Waals surface area contributed by atoms with E-state index < -0.39 is 0 Å². The van der Waals surface area contributed by atoms with Gasteiger partial charge in [-0.25, -0.2) is 0 Å². The maximum Gasteiger partial charge on any atom is 0.313 e. The normalized spacial score (nSPS) is 13.6. The monoisotopic (exact) mass is 334 g/mol. The molecule has 1 saturated carbocycles. The first kappa shape index (κ1) is 15.4. The van der Waals surface area contributed by atoms with Crippen molar-refractivity contribution in [2.45, 2.75) is 25.8 Å². The van der Waals surface area contributed by atoms with Crippen LogP contribution in [0.5, 0.6) is 0 Å². The molecule has 0 spiro atoms. The fourth-order valence-corrected chi connectivity index (χ4v) is 2.71. The first-order valence-electron chi connectivity index (χ1n) is 8.21. The number of nitrogens with one attached hydrogen (secondary N) is 1. The third-order valence-corrected chi connectivity index (χ3v) is 4.30. The molecule has 2 aromatic carbocycles. The second kappa shape index (κ2) is 6.05. The Bertz CT molecular complexity index is 927. The number of anilines is 1. The van der Waals surface area contributed by atoms with Crippen molar-refractivity contribution >= 4 is 11.9 Å². The van der Waals surface area contributed by atoms with E-state index in [9.17, 15) is 4.79 Å². The summed E-state index contributed by atoms with van der Waals surface area (Å²) >= 11 is 0. The van der Waals surface area contributed by atoms with Crippen molar-refractivity contribution in [2.24, 2.45) is 0 Å². The number of aryl methyl sites for hydroxylation is 1. The van der Waals surface area contributed by atoms with Gasteiger partial charge >= 0.3 is 6.01 Å². The van der Waals surface area contributed by atoms with Gasteiger partial charge in [-0.15, -0.1) is 5.10 Å². The minimum absolute atomic E-state index is 0.0123. The van der Waals surface area contributed by atoms with E-state index in [1.807, 2.05) is 49.4 Å². The molecule has 3 N–H and O–H groups in total. The number of nitrogens with two attached hydrogens (primary N) is 1. The quantitative estimate of drug-likeness (QED) is 0.764. The first-order chi connectivity index (χ1) is 12.1. The molecule has 0 atom stereocenters. The predicted molar refractivity (Wildman–Crippen MR) is 94.8 cm³/mol. The summed E-state index contributed by atoms with van der Waals surface area (Å²) in [4.78, 5) is 12.3. The molecule has 0 saturated heterocycles. The summed E-state index contributed by atoms with van der Waals surface area (Å²) in [6, 6.07) is 13.9. The van der Waals surface area contributed by atoms with Crippen molar-refractivity contribution in [3.05, 3.63) is 53.6 Å². The van der Waals surface area contributed by atoms with E-state index in [-0.39, 0.29) is 11.9 Å². The third kappa shape index (κ3) is 3.24. The molecule has 25 heavy (non-hydrogen) atoms. The Kier molecular flexibility index (Phi) is 3.72. The smallest absolute Gasteiger partial charge is 0.313 e. The van der Waals surface area contributed by atoms with Crippen LogP contribution in [0, 0.1) is 6.92 Å². The van der Waals surface area contributed by atoms with E-state index >= 15 is 0 Å². The number of nitrogen functional groups attached to an aromatic ring is 1. The summed E-state index contributed by atoms with van der Waals surface area (Å²) < 4.78 is 5.23. The molecule has 1 heterocycles. The van der Waals surface area contributed by atoms with Crippen molar-refractivity contribution < 1.29 is 9.21 Å². The molecule has 6 nitrogen and oxygen atoms in total. The lowest BCUT2D eigenvalue weighted by atomic mass is 9.97. The van der Waals surface area contributed by atoms with Gasteiger partial charge in [0.1, 0.15) is 0 Å². The highest BCUT2D eigenvalue weighted by Crippen LogP contribution is 2.28. The summed E-state index contributed by atoms with van der Waals surface area (Å²) in [5.41, 5.74) is 10.1. The second-order valence-electron chi connectivity index (χ2n) is 6.30. The summed E-state index contributed by atoms with van der Waals surface area (Å²) in [7, 11) is 0. The zero-order chi connectivity index (χ0) is 17.4. The van der Waals surface area contributed by atoms with Crippen LogP contribution in [0.3, 0.4) is 0 Å². The van der Waals surface area contributed by atoms with Gasteiger partial charge in [0, 0.05) is 17.2 Å². The summed E-state index contributed by atoms with van der Waals surface area (Å²) in [5, 5.41) is 10.6. The van der Waals surface area contributed by atoms with Crippen LogP contribution in [0.4, 0.5) is 6.01 Å². The largest absolute Gasteiger partial charge is 0.404 e. The van der Waals surface area contributed by atoms with Gasteiger partial charge in [0.25, 0.3) is 5.91 Å². The number of amides is 1. The van der Waals surface area contributed by atoms with E-state index in [0.717, 1.165) is 35.1 Å². The number of carbonyl (C=O) groups is 1. The fourth-order valence-electron chi connectivity index (χ4n) is 2.71. The van der Waals surface area contributed by atoms with Crippen molar-refractivity contribution in [1.82, 2.24) is 15.5 Å². The second-order valence-corrected chi connectivity index (χ2v) is 6.30. The van der Waals surface area contributed by atoms with Crippen LogP contribution in [-0.4, -0.2) is 22.1 Å². The Labute approximate surface area is 145 Å². The minimum Gasteiger partial charge on any atom is -0.404 e. The van der Waals surface area contributed by atoms with E-state index in [1.165, 1.54) is 0 Å². The van der Waals surface area contributed by atoms with Crippen molar-refractivity contribution in [1.29, 1.82) is 0 Å². The lowest BCUT2D eigenvalue weighted by Crippen LogP contribution is -2.25. The van der Waals surface area contributed by atoms with Crippen LogP contribution in [0.25, 0.3) is 22.6 Å². The molecule has 0 bridgehead atoms. The number of benzene rings is 2. The molecule has 0 aliphatic heterocycles.